The Morgan fingerprint density at radius 1 is 1.38 bits per heavy atom. The first-order valence-corrected chi connectivity index (χ1v) is 6.19. The summed E-state index contributed by atoms with van der Waals surface area (Å²) in [5, 5.41) is 0. The second-order valence-corrected chi connectivity index (χ2v) is 4.69. The van der Waals surface area contributed by atoms with Crippen LogP contribution >= 0.6 is 0 Å². The van der Waals surface area contributed by atoms with E-state index in [4.69, 9.17) is 5.73 Å². The van der Waals surface area contributed by atoms with Crippen LogP contribution in [0, 0.1) is 12.8 Å². The van der Waals surface area contributed by atoms with Gasteiger partial charge in [0.2, 0.25) is 0 Å². The van der Waals surface area contributed by atoms with Crippen molar-refractivity contribution < 1.29 is 0 Å². The van der Waals surface area contributed by atoms with Gasteiger partial charge in [-0.15, -0.1) is 0 Å². The zero-order valence-electron chi connectivity index (χ0n) is 10.1. The van der Waals surface area contributed by atoms with Crippen molar-refractivity contribution in [2.45, 2.75) is 26.3 Å². The van der Waals surface area contributed by atoms with Gasteiger partial charge in [0.25, 0.3) is 0 Å². The fourth-order valence-corrected chi connectivity index (χ4v) is 2.33. The first kappa shape index (κ1) is 11.6. The average Bonchev–Trinajstić information content (AvgIpc) is 2.73. The van der Waals surface area contributed by atoms with Crippen LogP contribution in [-0.2, 0) is 6.54 Å². The quantitative estimate of drug-likeness (QED) is 0.822. The second kappa shape index (κ2) is 5.46. The van der Waals surface area contributed by atoms with Gasteiger partial charge in [0, 0.05) is 25.5 Å². The standard InChI is InChI=1S/C12H22N4/c1-11-14-4-7-16(11)9-8-15-5-2-12(10-13)3-6-15/h4,7,12H,2-3,5-6,8-10,13H2,1H3. The molecule has 4 heteroatoms. The number of likely N-dealkylation sites (tertiary alicyclic amines) is 1. The molecular formula is C12H22N4. The summed E-state index contributed by atoms with van der Waals surface area (Å²) >= 11 is 0. The first-order valence-electron chi connectivity index (χ1n) is 6.19. The molecule has 2 heterocycles. The van der Waals surface area contributed by atoms with Crippen molar-refractivity contribution in [1.29, 1.82) is 0 Å². The Balaban J connectivity index is 1.73. The number of nitrogens with zero attached hydrogens (tertiary/aromatic N) is 3. The van der Waals surface area contributed by atoms with Gasteiger partial charge < -0.3 is 15.2 Å². The van der Waals surface area contributed by atoms with Crippen LogP contribution in [0.3, 0.4) is 0 Å². The number of rotatable bonds is 4. The number of aryl methyl sites for hydroxylation is 1. The van der Waals surface area contributed by atoms with E-state index in [1.807, 2.05) is 6.20 Å². The van der Waals surface area contributed by atoms with Gasteiger partial charge in [-0.2, -0.15) is 0 Å². The third kappa shape index (κ3) is 2.83. The largest absolute Gasteiger partial charge is 0.334 e. The number of nitrogens with two attached hydrogens (primary N) is 1. The first-order chi connectivity index (χ1) is 7.79. The number of piperidine rings is 1. The topological polar surface area (TPSA) is 47.1 Å². The lowest BCUT2D eigenvalue weighted by Crippen LogP contribution is -2.37. The number of imidazole rings is 1. The smallest absolute Gasteiger partial charge is 0.105 e. The predicted molar refractivity (Wildman–Crippen MR) is 65.2 cm³/mol. The highest BCUT2D eigenvalue weighted by molar-refractivity contribution is 4.88. The Labute approximate surface area is 97.4 Å². The van der Waals surface area contributed by atoms with E-state index in [0.717, 1.165) is 31.4 Å². The summed E-state index contributed by atoms with van der Waals surface area (Å²) in [4.78, 5) is 6.77. The minimum Gasteiger partial charge on any atom is -0.334 e. The van der Waals surface area contributed by atoms with Crippen molar-refractivity contribution in [3.63, 3.8) is 0 Å². The molecule has 1 aliphatic rings. The summed E-state index contributed by atoms with van der Waals surface area (Å²) in [5.41, 5.74) is 5.69. The molecule has 0 spiro atoms. The molecule has 1 saturated heterocycles. The van der Waals surface area contributed by atoms with E-state index in [2.05, 4.69) is 27.6 Å². The van der Waals surface area contributed by atoms with Crippen molar-refractivity contribution >= 4 is 0 Å². The third-order valence-corrected chi connectivity index (χ3v) is 3.62. The molecule has 0 amide bonds. The van der Waals surface area contributed by atoms with Gasteiger partial charge in [0.15, 0.2) is 0 Å². The molecule has 0 aliphatic carbocycles. The molecule has 0 aromatic carbocycles. The Bertz CT molecular complexity index is 313. The van der Waals surface area contributed by atoms with Crippen LogP contribution < -0.4 is 5.73 Å². The average molecular weight is 222 g/mol. The fraction of sp³-hybridized carbons (Fsp3) is 0.750. The van der Waals surface area contributed by atoms with Crippen molar-refractivity contribution in [2.24, 2.45) is 11.7 Å². The van der Waals surface area contributed by atoms with Crippen LogP contribution in [-0.4, -0.2) is 40.6 Å². The van der Waals surface area contributed by atoms with E-state index in [-0.39, 0.29) is 0 Å². The maximum Gasteiger partial charge on any atom is 0.105 e. The summed E-state index contributed by atoms with van der Waals surface area (Å²) in [6.45, 7) is 7.51. The molecule has 2 rings (SSSR count). The van der Waals surface area contributed by atoms with Gasteiger partial charge in [-0.3, -0.25) is 0 Å². The summed E-state index contributed by atoms with van der Waals surface area (Å²) in [5.74, 6) is 1.86. The van der Waals surface area contributed by atoms with Gasteiger partial charge in [-0.1, -0.05) is 0 Å². The van der Waals surface area contributed by atoms with E-state index in [9.17, 15) is 0 Å². The molecule has 0 radical (unpaired) electrons. The lowest BCUT2D eigenvalue weighted by molar-refractivity contribution is 0.181. The minimum atomic E-state index is 0.756. The van der Waals surface area contributed by atoms with Gasteiger partial charge in [-0.05, 0) is 45.3 Å². The SMILES string of the molecule is Cc1nccn1CCN1CCC(CN)CC1. The normalized spacial score (nSPS) is 19.1. The lowest BCUT2D eigenvalue weighted by Gasteiger charge is -2.31. The summed E-state index contributed by atoms with van der Waals surface area (Å²) in [6.07, 6.45) is 6.46. The zero-order valence-corrected chi connectivity index (χ0v) is 10.1. The highest BCUT2D eigenvalue weighted by Crippen LogP contribution is 2.15. The highest BCUT2D eigenvalue weighted by atomic mass is 15.2. The second-order valence-electron chi connectivity index (χ2n) is 4.69. The van der Waals surface area contributed by atoms with Gasteiger partial charge in [0.1, 0.15) is 5.82 Å². The highest BCUT2D eigenvalue weighted by Gasteiger charge is 2.17. The molecule has 1 aromatic heterocycles. The number of hydrogen-bond donors (Lipinski definition) is 1. The van der Waals surface area contributed by atoms with Crippen LogP contribution in [0.5, 0.6) is 0 Å². The van der Waals surface area contributed by atoms with Crippen LogP contribution in [0.1, 0.15) is 18.7 Å². The van der Waals surface area contributed by atoms with Gasteiger partial charge >= 0.3 is 0 Å². The summed E-state index contributed by atoms with van der Waals surface area (Å²) in [7, 11) is 0. The molecule has 0 atom stereocenters. The Kier molecular flexibility index (Phi) is 3.96. The van der Waals surface area contributed by atoms with E-state index < -0.39 is 0 Å². The molecule has 90 valence electrons. The van der Waals surface area contributed by atoms with E-state index in [1.165, 1.54) is 25.9 Å². The molecule has 0 unspecified atom stereocenters. The number of hydrogen-bond acceptors (Lipinski definition) is 3. The molecule has 0 saturated carbocycles. The molecule has 1 aliphatic heterocycles. The molecule has 4 nitrogen and oxygen atoms in total. The van der Waals surface area contributed by atoms with Crippen molar-refractivity contribution in [1.82, 2.24) is 14.5 Å². The zero-order chi connectivity index (χ0) is 11.4. The van der Waals surface area contributed by atoms with E-state index in [0.29, 0.717) is 0 Å². The maximum atomic E-state index is 5.69. The van der Waals surface area contributed by atoms with Crippen LogP contribution in [0.2, 0.25) is 0 Å². The third-order valence-electron chi connectivity index (χ3n) is 3.62. The van der Waals surface area contributed by atoms with Gasteiger partial charge in [0.05, 0.1) is 0 Å². The van der Waals surface area contributed by atoms with Crippen molar-refractivity contribution in [3.8, 4) is 0 Å². The minimum absolute atomic E-state index is 0.756. The monoisotopic (exact) mass is 222 g/mol. The van der Waals surface area contributed by atoms with Gasteiger partial charge in [-0.25, -0.2) is 4.98 Å². The van der Waals surface area contributed by atoms with Crippen molar-refractivity contribution in [2.75, 3.05) is 26.2 Å². The molecule has 1 fully saturated rings. The molecule has 1 aromatic rings. The lowest BCUT2D eigenvalue weighted by atomic mass is 9.97. The van der Waals surface area contributed by atoms with E-state index >= 15 is 0 Å². The Morgan fingerprint density at radius 2 is 2.12 bits per heavy atom. The van der Waals surface area contributed by atoms with Crippen LogP contribution in [0.25, 0.3) is 0 Å². The molecule has 2 N–H and O–H groups in total. The number of aromatic nitrogens is 2. The summed E-state index contributed by atoms with van der Waals surface area (Å²) < 4.78 is 2.22. The summed E-state index contributed by atoms with van der Waals surface area (Å²) in [6, 6.07) is 0. The van der Waals surface area contributed by atoms with Crippen LogP contribution in [0.15, 0.2) is 12.4 Å². The van der Waals surface area contributed by atoms with E-state index in [1.54, 1.807) is 0 Å². The predicted octanol–water partition coefficient (Wildman–Crippen LogP) is 0.862. The van der Waals surface area contributed by atoms with Crippen LogP contribution in [0.4, 0.5) is 0 Å². The molecular weight excluding hydrogens is 200 g/mol. The maximum absolute atomic E-state index is 5.69. The van der Waals surface area contributed by atoms with Crippen molar-refractivity contribution in [3.05, 3.63) is 18.2 Å². The Morgan fingerprint density at radius 3 is 2.69 bits per heavy atom. The Hall–Kier alpha value is -0.870. The molecule has 16 heavy (non-hydrogen) atoms. The molecule has 0 bridgehead atoms. The fourth-order valence-electron chi connectivity index (χ4n) is 2.33.